The predicted molar refractivity (Wildman–Crippen MR) is 117 cm³/mol. The Morgan fingerprint density at radius 1 is 1.46 bits per heavy atom. The molecule has 138 valence electrons. The van der Waals surface area contributed by atoms with Crippen LogP contribution in [0.5, 0.6) is 0 Å². The summed E-state index contributed by atoms with van der Waals surface area (Å²) in [5.74, 6) is 2.36. The Bertz CT molecular complexity index is 473. The molecule has 6 heteroatoms. The molecular formula is C18H33IN4S. The van der Waals surface area contributed by atoms with E-state index in [9.17, 15) is 0 Å². The molecule has 24 heavy (non-hydrogen) atoms. The fourth-order valence-electron chi connectivity index (χ4n) is 3.27. The van der Waals surface area contributed by atoms with Crippen LogP contribution in [-0.2, 0) is 0 Å². The second-order valence-corrected chi connectivity index (χ2v) is 7.41. The van der Waals surface area contributed by atoms with E-state index in [1.54, 1.807) is 0 Å². The third-order valence-electron chi connectivity index (χ3n) is 4.80. The van der Waals surface area contributed by atoms with Crippen LogP contribution < -0.4 is 5.32 Å². The smallest absolute Gasteiger partial charge is 0.193 e. The molecule has 1 aliphatic heterocycles. The molecule has 0 spiro atoms. The molecule has 1 aromatic rings. The van der Waals surface area contributed by atoms with E-state index in [1.165, 1.54) is 17.8 Å². The van der Waals surface area contributed by atoms with Crippen LogP contribution in [0.15, 0.2) is 22.5 Å². The van der Waals surface area contributed by atoms with Gasteiger partial charge >= 0.3 is 0 Å². The van der Waals surface area contributed by atoms with Gasteiger partial charge in [-0.1, -0.05) is 26.8 Å². The third-order valence-corrected chi connectivity index (χ3v) is 5.91. The first kappa shape index (κ1) is 21.7. The van der Waals surface area contributed by atoms with Gasteiger partial charge < -0.3 is 15.1 Å². The van der Waals surface area contributed by atoms with E-state index in [2.05, 4.69) is 58.4 Å². The maximum Gasteiger partial charge on any atom is 0.193 e. The van der Waals surface area contributed by atoms with Crippen molar-refractivity contribution in [1.29, 1.82) is 0 Å². The zero-order valence-electron chi connectivity index (χ0n) is 15.5. The highest BCUT2D eigenvalue weighted by atomic mass is 127. The van der Waals surface area contributed by atoms with E-state index in [-0.39, 0.29) is 24.0 Å². The van der Waals surface area contributed by atoms with E-state index >= 15 is 0 Å². The number of hydrogen-bond donors (Lipinski definition) is 1. The Labute approximate surface area is 168 Å². The molecule has 2 heterocycles. The van der Waals surface area contributed by atoms with Crippen molar-refractivity contribution >= 4 is 41.3 Å². The van der Waals surface area contributed by atoms with Gasteiger partial charge in [-0.2, -0.15) is 0 Å². The monoisotopic (exact) mass is 464 g/mol. The van der Waals surface area contributed by atoms with Crippen LogP contribution in [0.25, 0.3) is 0 Å². The number of nitrogens with zero attached hydrogens (tertiary/aromatic N) is 3. The standard InChI is InChI=1S/C18H32N4S.HI/c1-5-21(6-2)13-16-9-10-22(14-16)18(19-4)20-12-15(3)17-8-7-11-23-17;/h7-8,11,15-16H,5-6,9-10,12-14H2,1-4H3,(H,19,20);1H. The van der Waals surface area contributed by atoms with Crippen LogP contribution in [-0.4, -0.2) is 62.1 Å². The number of thiophene rings is 1. The van der Waals surface area contributed by atoms with Crippen molar-refractivity contribution in [3.8, 4) is 0 Å². The van der Waals surface area contributed by atoms with Crippen molar-refractivity contribution in [3.63, 3.8) is 0 Å². The van der Waals surface area contributed by atoms with Gasteiger partial charge in [0, 0.05) is 44.0 Å². The first-order valence-corrected chi connectivity index (χ1v) is 9.77. The van der Waals surface area contributed by atoms with Gasteiger partial charge in [0.25, 0.3) is 0 Å². The SMILES string of the molecule is CCN(CC)CC1CCN(C(=NC)NCC(C)c2cccs2)C1.I. The molecule has 4 nitrogen and oxygen atoms in total. The highest BCUT2D eigenvalue weighted by Gasteiger charge is 2.26. The number of likely N-dealkylation sites (tertiary alicyclic amines) is 1. The second kappa shape index (κ2) is 11.3. The van der Waals surface area contributed by atoms with Gasteiger partial charge in [-0.25, -0.2) is 0 Å². The van der Waals surface area contributed by atoms with E-state index < -0.39 is 0 Å². The summed E-state index contributed by atoms with van der Waals surface area (Å²) in [7, 11) is 1.90. The number of guanidine groups is 1. The molecule has 0 amide bonds. The Morgan fingerprint density at radius 3 is 2.79 bits per heavy atom. The van der Waals surface area contributed by atoms with Gasteiger partial charge in [-0.3, -0.25) is 4.99 Å². The molecule has 2 rings (SSSR count). The van der Waals surface area contributed by atoms with Crippen LogP contribution in [0.4, 0.5) is 0 Å². The van der Waals surface area contributed by atoms with Gasteiger partial charge in [-0.05, 0) is 36.9 Å². The molecule has 2 atom stereocenters. The third kappa shape index (κ3) is 6.19. The Hall–Kier alpha value is -0.340. The Kier molecular flexibility index (Phi) is 10.2. The highest BCUT2D eigenvalue weighted by molar-refractivity contribution is 14.0. The molecule has 2 unspecified atom stereocenters. The first-order chi connectivity index (χ1) is 11.2. The van der Waals surface area contributed by atoms with Crippen molar-refractivity contribution in [3.05, 3.63) is 22.4 Å². The van der Waals surface area contributed by atoms with Gasteiger partial charge in [0.1, 0.15) is 0 Å². The van der Waals surface area contributed by atoms with Crippen molar-refractivity contribution in [1.82, 2.24) is 15.1 Å². The molecule has 0 saturated carbocycles. The topological polar surface area (TPSA) is 30.9 Å². The minimum Gasteiger partial charge on any atom is -0.356 e. The maximum atomic E-state index is 4.50. The van der Waals surface area contributed by atoms with Crippen LogP contribution in [0.1, 0.15) is 38.0 Å². The highest BCUT2D eigenvalue weighted by Crippen LogP contribution is 2.21. The lowest BCUT2D eigenvalue weighted by molar-refractivity contribution is 0.255. The summed E-state index contributed by atoms with van der Waals surface area (Å²) in [6.07, 6.45) is 1.28. The molecule has 0 aromatic carbocycles. The first-order valence-electron chi connectivity index (χ1n) is 8.89. The van der Waals surface area contributed by atoms with Gasteiger partial charge in [0.05, 0.1) is 0 Å². The normalized spacial score (nSPS) is 19.5. The van der Waals surface area contributed by atoms with Crippen LogP contribution in [0.2, 0.25) is 0 Å². The summed E-state index contributed by atoms with van der Waals surface area (Å²) in [6.45, 7) is 13.5. The zero-order valence-corrected chi connectivity index (χ0v) is 18.6. The number of halogens is 1. The summed E-state index contributed by atoms with van der Waals surface area (Å²) in [5, 5.41) is 5.72. The van der Waals surface area contributed by atoms with Crippen molar-refractivity contribution in [2.45, 2.75) is 33.1 Å². The van der Waals surface area contributed by atoms with E-state index in [1.807, 2.05) is 18.4 Å². The van der Waals surface area contributed by atoms with E-state index in [0.29, 0.717) is 5.92 Å². The molecule has 1 aliphatic rings. The fraction of sp³-hybridized carbons (Fsp3) is 0.722. The molecular weight excluding hydrogens is 431 g/mol. The summed E-state index contributed by atoms with van der Waals surface area (Å²) in [5.41, 5.74) is 0. The number of rotatable bonds is 7. The van der Waals surface area contributed by atoms with E-state index in [0.717, 1.165) is 44.6 Å². The van der Waals surface area contributed by atoms with E-state index in [4.69, 9.17) is 0 Å². The van der Waals surface area contributed by atoms with Crippen molar-refractivity contribution < 1.29 is 0 Å². The Balaban J connectivity index is 0.00000288. The predicted octanol–water partition coefficient (Wildman–Crippen LogP) is 3.71. The number of hydrogen-bond acceptors (Lipinski definition) is 3. The fourth-order valence-corrected chi connectivity index (χ4v) is 4.06. The maximum absolute atomic E-state index is 4.50. The summed E-state index contributed by atoms with van der Waals surface area (Å²) >= 11 is 1.84. The number of nitrogens with one attached hydrogen (secondary N) is 1. The molecule has 1 saturated heterocycles. The summed E-state index contributed by atoms with van der Waals surface area (Å²) in [6, 6.07) is 4.35. The molecule has 1 aromatic heterocycles. The summed E-state index contributed by atoms with van der Waals surface area (Å²) < 4.78 is 0. The lowest BCUT2D eigenvalue weighted by atomic mass is 10.1. The number of aliphatic imine (C=N–C) groups is 1. The average molecular weight is 464 g/mol. The van der Waals surface area contributed by atoms with Gasteiger partial charge in [-0.15, -0.1) is 35.3 Å². The van der Waals surface area contributed by atoms with Crippen molar-refractivity contribution in [2.24, 2.45) is 10.9 Å². The molecule has 1 N–H and O–H groups in total. The lowest BCUT2D eigenvalue weighted by Gasteiger charge is -2.25. The minimum atomic E-state index is 0. The van der Waals surface area contributed by atoms with Crippen molar-refractivity contribution in [2.75, 3.05) is 46.3 Å². The minimum absolute atomic E-state index is 0. The Morgan fingerprint density at radius 2 is 2.21 bits per heavy atom. The van der Waals surface area contributed by atoms with Crippen LogP contribution >= 0.6 is 35.3 Å². The molecule has 0 aliphatic carbocycles. The summed E-state index contributed by atoms with van der Waals surface area (Å²) in [4.78, 5) is 10.9. The van der Waals surface area contributed by atoms with Crippen LogP contribution in [0, 0.1) is 5.92 Å². The molecule has 0 radical (unpaired) electrons. The van der Waals surface area contributed by atoms with Gasteiger partial charge in [0.15, 0.2) is 5.96 Å². The van der Waals surface area contributed by atoms with Crippen LogP contribution in [0.3, 0.4) is 0 Å². The molecule has 0 bridgehead atoms. The second-order valence-electron chi connectivity index (χ2n) is 6.43. The largest absolute Gasteiger partial charge is 0.356 e. The quantitative estimate of drug-likeness (QED) is 0.379. The zero-order chi connectivity index (χ0) is 16.7. The average Bonchev–Trinajstić information content (AvgIpc) is 3.25. The lowest BCUT2D eigenvalue weighted by Crippen LogP contribution is -2.42. The van der Waals surface area contributed by atoms with Gasteiger partial charge in [0.2, 0.25) is 0 Å². The molecule has 1 fully saturated rings.